The van der Waals surface area contributed by atoms with Crippen LogP contribution in [0, 0.1) is 0 Å². The summed E-state index contributed by atoms with van der Waals surface area (Å²) < 4.78 is 6.29. The molecule has 0 unspecified atom stereocenters. The van der Waals surface area contributed by atoms with Crippen molar-refractivity contribution in [3.05, 3.63) is 59.7 Å². The van der Waals surface area contributed by atoms with Gasteiger partial charge in [0.2, 0.25) is 0 Å². The Morgan fingerprint density at radius 1 is 0.926 bits per heavy atom. The zero-order valence-electron chi connectivity index (χ0n) is 17.2. The molecular formula is C21H30N2O2Si2. The van der Waals surface area contributed by atoms with Gasteiger partial charge in [-0.05, 0) is 42.9 Å². The van der Waals surface area contributed by atoms with E-state index in [1.807, 2.05) is 41.3 Å². The van der Waals surface area contributed by atoms with Gasteiger partial charge in [-0.3, -0.25) is 4.90 Å². The minimum absolute atomic E-state index is 0.0429. The van der Waals surface area contributed by atoms with Crippen molar-refractivity contribution in [2.45, 2.75) is 45.2 Å². The highest BCUT2D eigenvalue weighted by atomic mass is 28.4. The van der Waals surface area contributed by atoms with Crippen LogP contribution in [0.5, 0.6) is 0 Å². The number of nitrogens with one attached hydrogen (secondary N) is 1. The number of hydrogen-bond donors (Lipinski definition) is 1. The Morgan fingerprint density at radius 3 is 1.85 bits per heavy atom. The van der Waals surface area contributed by atoms with E-state index in [1.54, 1.807) is 0 Å². The third-order valence-electron chi connectivity index (χ3n) is 4.47. The molecule has 0 atom stereocenters. The summed E-state index contributed by atoms with van der Waals surface area (Å²) in [5.41, 5.74) is 4.22. The monoisotopic (exact) mass is 398 g/mol. The first-order valence-electron chi connectivity index (χ1n) is 9.51. The summed E-state index contributed by atoms with van der Waals surface area (Å²) in [4.78, 5) is 18.3. The van der Waals surface area contributed by atoms with Crippen LogP contribution in [0.15, 0.2) is 48.5 Å². The molecule has 3 rings (SSSR count). The molecule has 144 valence electrons. The minimum Gasteiger partial charge on any atom is -0.417 e. The van der Waals surface area contributed by atoms with Gasteiger partial charge in [-0.15, -0.1) is 0 Å². The van der Waals surface area contributed by atoms with E-state index in [2.05, 4.69) is 56.4 Å². The van der Waals surface area contributed by atoms with Crippen LogP contribution in [-0.2, 0) is 4.43 Å². The molecule has 0 aliphatic carbocycles. The fraction of sp³-hybridized carbons (Fsp3) is 0.381. The van der Waals surface area contributed by atoms with Crippen LogP contribution in [0.2, 0.25) is 39.3 Å². The Morgan fingerprint density at radius 2 is 1.41 bits per heavy atom. The van der Waals surface area contributed by atoms with Crippen LogP contribution in [0.3, 0.4) is 0 Å². The van der Waals surface area contributed by atoms with Crippen molar-refractivity contribution < 1.29 is 9.22 Å². The average molecular weight is 399 g/mol. The van der Waals surface area contributed by atoms with Crippen LogP contribution in [-0.4, -0.2) is 29.2 Å². The molecule has 2 aromatic carbocycles. The molecule has 0 spiro atoms. The van der Waals surface area contributed by atoms with Crippen LogP contribution < -0.4 is 9.88 Å². The van der Waals surface area contributed by atoms with Gasteiger partial charge in [0.05, 0.1) is 11.4 Å². The first kappa shape index (κ1) is 19.9. The molecule has 1 aliphatic rings. The van der Waals surface area contributed by atoms with Crippen molar-refractivity contribution >= 4 is 34.0 Å². The molecule has 0 bridgehead atoms. The molecule has 27 heavy (non-hydrogen) atoms. The van der Waals surface area contributed by atoms with E-state index in [0.29, 0.717) is 6.61 Å². The second-order valence-electron chi connectivity index (χ2n) is 9.11. The lowest BCUT2D eigenvalue weighted by Crippen LogP contribution is -2.51. The number of carbonyl (C=O) groups is 1. The molecule has 0 radical (unpaired) electrons. The maximum Gasteiger partial charge on any atom is 0.318 e. The fourth-order valence-corrected chi connectivity index (χ4v) is 4.80. The largest absolute Gasteiger partial charge is 0.417 e. The summed E-state index contributed by atoms with van der Waals surface area (Å²) in [6.07, 6.45) is 0. The summed E-state index contributed by atoms with van der Waals surface area (Å²) in [5.74, 6) is 0.139. The summed E-state index contributed by atoms with van der Waals surface area (Å²) in [5, 5.41) is 0. The van der Waals surface area contributed by atoms with E-state index >= 15 is 0 Å². The van der Waals surface area contributed by atoms with Crippen molar-refractivity contribution in [2.75, 3.05) is 11.5 Å². The molecule has 4 nitrogen and oxygen atoms in total. The molecule has 1 aliphatic heterocycles. The number of carbonyl (C=O) groups excluding carboxylic acids is 1. The maximum atomic E-state index is 13.2. The van der Waals surface area contributed by atoms with Gasteiger partial charge in [-0.1, -0.05) is 56.0 Å². The topological polar surface area (TPSA) is 41.6 Å². The predicted octanol–water partition coefficient (Wildman–Crippen LogP) is 5.67. The highest BCUT2D eigenvalue weighted by Crippen LogP contribution is 2.45. The van der Waals surface area contributed by atoms with Crippen molar-refractivity contribution in [3.63, 3.8) is 0 Å². The highest BCUT2D eigenvalue weighted by molar-refractivity contribution is 6.76. The van der Waals surface area contributed by atoms with E-state index in [4.69, 9.17) is 4.43 Å². The Hall–Kier alpha value is -1.90. The number of amides is 2. The Labute approximate surface area is 164 Å². The number of para-hydroxylation sites is 2. The lowest BCUT2D eigenvalue weighted by atomic mass is 9.85. The number of anilines is 2. The van der Waals surface area contributed by atoms with E-state index in [-0.39, 0.29) is 11.9 Å². The number of benzene rings is 2. The molecule has 0 fully saturated rings. The summed E-state index contributed by atoms with van der Waals surface area (Å²) in [6, 6.07) is 16.4. The summed E-state index contributed by atoms with van der Waals surface area (Å²) in [6.45, 7) is 13.7. The van der Waals surface area contributed by atoms with E-state index < -0.39 is 16.6 Å². The standard InChI is InChI=1S/C21H30N2O2Si2/c1-26(2,3)22-21(24)23-19-13-9-7-11-16(19)18(15-25-27(4,5)6)17-12-8-10-14-20(17)23/h7-14,18H,15H2,1-6H3,(H,22,24). The third kappa shape index (κ3) is 4.51. The zero-order valence-corrected chi connectivity index (χ0v) is 19.2. The summed E-state index contributed by atoms with van der Waals surface area (Å²) >= 11 is 0. The van der Waals surface area contributed by atoms with E-state index in [9.17, 15) is 4.79 Å². The van der Waals surface area contributed by atoms with Crippen molar-refractivity contribution in [1.29, 1.82) is 0 Å². The lowest BCUT2D eigenvalue weighted by Gasteiger charge is -2.38. The van der Waals surface area contributed by atoms with Gasteiger partial charge in [-0.25, -0.2) is 4.79 Å². The average Bonchev–Trinajstić information content (AvgIpc) is 2.56. The SMILES string of the molecule is C[Si](C)(C)NC(=O)N1c2ccccc2C(CO[Si](C)(C)C)c2ccccc21. The van der Waals surface area contributed by atoms with Crippen LogP contribution in [0.25, 0.3) is 0 Å². The number of fused-ring (bicyclic) bond motifs is 2. The Bertz CT molecular complexity index is 793. The van der Waals surface area contributed by atoms with Gasteiger partial charge in [0.25, 0.3) is 0 Å². The maximum absolute atomic E-state index is 13.2. The van der Waals surface area contributed by atoms with Crippen molar-refractivity contribution in [1.82, 2.24) is 4.98 Å². The molecule has 0 aromatic heterocycles. The number of nitrogens with zero attached hydrogens (tertiary/aromatic N) is 1. The molecule has 0 saturated carbocycles. The van der Waals surface area contributed by atoms with Crippen molar-refractivity contribution in [2.24, 2.45) is 0 Å². The molecule has 2 aromatic rings. The molecule has 0 saturated heterocycles. The van der Waals surface area contributed by atoms with Gasteiger partial charge >= 0.3 is 6.03 Å². The Balaban J connectivity index is 2.08. The minimum atomic E-state index is -1.76. The lowest BCUT2D eigenvalue weighted by molar-refractivity contribution is 0.252. The van der Waals surface area contributed by atoms with Crippen LogP contribution >= 0.6 is 0 Å². The molecule has 2 amide bonds. The van der Waals surface area contributed by atoms with Gasteiger partial charge in [0.15, 0.2) is 8.32 Å². The second kappa shape index (κ2) is 7.26. The van der Waals surface area contributed by atoms with Gasteiger partial charge in [0, 0.05) is 12.5 Å². The zero-order chi connectivity index (χ0) is 19.8. The quantitative estimate of drug-likeness (QED) is 0.675. The molecular weight excluding hydrogens is 368 g/mol. The van der Waals surface area contributed by atoms with Gasteiger partial charge < -0.3 is 9.41 Å². The van der Waals surface area contributed by atoms with E-state index in [0.717, 1.165) is 22.5 Å². The van der Waals surface area contributed by atoms with Crippen LogP contribution in [0.1, 0.15) is 17.0 Å². The van der Waals surface area contributed by atoms with Crippen LogP contribution in [0.4, 0.5) is 16.2 Å². The molecule has 1 heterocycles. The normalized spacial score (nSPS) is 14.5. The van der Waals surface area contributed by atoms with E-state index in [1.165, 1.54) is 0 Å². The predicted molar refractivity (Wildman–Crippen MR) is 118 cm³/mol. The summed E-state index contributed by atoms with van der Waals surface area (Å²) in [7, 11) is -3.41. The number of urea groups is 1. The van der Waals surface area contributed by atoms with Gasteiger partial charge in [0.1, 0.15) is 8.24 Å². The Kier molecular flexibility index (Phi) is 5.34. The number of rotatable bonds is 4. The smallest absolute Gasteiger partial charge is 0.318 e. The van der Waals surface area contributed by atoms with Crippen molar-refractivity contribution in [3.8, 4) is 0 Å². The third-order valence-corrected chi connectivity index (χ3v) is 6.47. The first-order chi connectivity index (χ1) is 12.6. The molecule has 6 heteroatoms. The first-order valence-corrected chi connectivity index (χ1v) is 16.4. The van der Waals surface area contributed by atoms with Gasteiger partial charge in [-0.2, -0.15) is 0 Å². The highest BCUT2D eigenvalue weighted by Gasteiger charge is 2.35. The fourth-order valence-electron chi connectivity index (χ4n) is 3.38. The molecule has 1 N–H and O–H groups in total. The number of hydrogen-bond acceptors (Lipinski definition) is 2. The second-order valence-corrected chi connectivity index (χ2v) is 18.4.